The summed E-state index contributed by atoms with van der Waals surface area (Å²) in [5.41, 5.74) is 0.906. The first-order valence-electron chi connectivity index (χ1n) is 8.18. The van der Waals surface area contributed by atoms with Crippen LogP contribution < -0.4 is 10.9 Å². The molecule has 1 aromatic heterocycles. The Morgan fingerprint density at radius 2 is 1.88 bits per heavy atom. The van der Waals surface area contributed by atoms with E-state index in [4.69, 9.17) is 0 Å². The number of nitrogens with zero attached hydrogens (tertiary/aromatic N) is 2. The standard InChI is InChI=1S/C18H20BrN3O4/c1-3-11(2)17(18(25)26)20-15(23)10-22-16(24)9-8-14(21-22)12-4-6-13(19)7-5-12/h4-9,11,17H,3,10H2,1-2H3,(H,20,23)(H,25,26)/t11-,17-/m0/s1. The zero-order valence-corrected chi connectivity index (χ0v) is 16.1. The molecule has 2 aromatic rings. The molecule has 0 saturated carbocycles. The summed E-state index contributed by atoms with van der Waals surface area (Å²) in [5.74, 6) is -1.90. The van der Waals surface area contributed by atoms with Gasteiger partial charge in [0.05, 0.1) is 5.69 Å². The molecule has 7 nitrogen and oxygen atoms in total. The van der Waals surface area contributed by atoms with Crippen molar-refractivity contribution in [1.29, 1.82) is 0 Å². The quantitative estimate of drug-likeness (QED) is 0.713. The predicted octanol–water partition coefficient (Wildman–Crippen LogP) is 2.29. The molecule has 0 aliphatic heterocycles. The van der Waals surface area contributed by atoms with Gasteiger partial charge in [-0.3, -0.25) is 9.59 Å². The Labute approximate surface area is 159 Å². The molecule has 1 amide bonds. The minimum Gasteiger partial charge on any atom is -0.480 e. The predicted molar refractivity (Wildman–Crippen MR) is 101 cm³/mol. The number of nitrogens with one attached hydrogen (secondary N) is 1. The average Bonchev–Trinajstić information content (AvgIpc) is 2.61. The van der Waals surface area contributed by atoms with Crippen molar-refractivity contribution in [3.05, 3.63) is 51.2 Å². The van der Waals surface area contributed by atoms with Crippen molar-refractivity contribution in [2.45, 2.75) is 32.9 Å². The fraction of sp³-hybridized carbons (Fsp3) is 0.333. The number of aliphatic carboxylic acids is 1. The number of carboxylic acids is 1. The monoisotopic (exact) mass is 421 g/mol. The van der Waals surface area contributed by atoms with Crippen molar-refractivity contribution in [2.75, 3.05) is 0 Å². The van der Waals surface area contributed by atoms with Crippen molar-refractivity contribution in [3.8, 4) is 11.3 Å². The third kappa shape index (κ3) is 5.01. The van der Waals surface area contributed by atoms with Gasteiger partial charge in [0.1, 0.15) is 12.6 Å². The molecular formula is C18H20BrN3O4. The molecular weight excluding hydrogens is 402 g/mol. The topological polar surface area (TPSA) is 101 Å². The van der Waals surface area contributed by atoms with Crippen LogP contribution in [0.5, 0.6) is 0 Å². The normalized spacial score (nSPS) is 13.0. The Hall–Kier alpha value is -2.48. The van der Waals surface area contributed by atoms with Gasteiger partial charge in [0.15, 0.2) is 0 Å². The molecule has 138 valence electrons. The highest BCUT2D eigenvalue weighted by Crippen LogP contribution is 2.18. The number of rotatable bonds is 7. The van der Waals surface area contributed by atoms with E-state index in [1.54, 1.807) is 13.0 Å². The lowest BCUT2D eigenvalue weighted by Crippen LogP contribution is -2.47. The molecule has 0 radical (unpaired) electrons. The van der Waals surface area contributed by atoms with Gasteiger partial charge in [0.25, 0.3) is 5.56 Å². The number of carboxylic acid groups (broad SMARTS) is 1. The summed E-state index contributed by atoms with van der Waals surface area (Å²) in [5, 5.41) is 15.9. The third-order valence-electron chi connectivity index (χ3n) is 4.10. The highest BCUT2D eigenvalue weighted by molar-refractivity contribution is 9.10. The number of hydrogen-bond donors (Lipinski definition) is 2. The van der Waals surface area contributed by atoms with E-state index in [1.807, 2.05) is 31.2 Å². The summed E-state index contributed by atoms with van der Waals surface area (Å²) in [6.07, 6.45) is 0.606. The number of amides is 1. The summed E-state index contributed by atoms with van der Waals surface area (Å²) >= 11 is 3.35. The van der Waals surface area contributed by atoms with E-state index in [-0.39, 0.29) is 12.5 Å². The molecule has 0 aliphatic carbocycles. The number of aromatic nitrogens is 2. The van der Waals surface area contributed by atoms with E-state index >= 15 is 0 Å². The molecule has 8 heteroatoms. The van der Waals surface area contributed by atoms with E-state index in [0.717, 1.165) is 14.7 Å². The molecule has 2 atom stereocenters. The van der Waals surface area contributed by atoms with Crippen LogP contribution in [-0.4, -0.2) is 32.8 Å². The zero-order valence-electron chi connectivity index (χ0n) is 14.5. The Morgan fingerprint density at radius 1 is 1.23 bits per heavy atom. The lowest BCUT2D eigenvalue weighted by atomic mass is 9.99. The van der Waals surface area contributed by atoms with Crippen LogP contribution in [-0.2, 0) is 16.1 Å². The Balaban J connectivity index is 2.19. The van der Waals surface area contributed by atoms with Gasteiger partial charge in [0, 0.05) is 16.1 Å². The van der Waals surface area contributed by atoms with Gasteiger partial charge in [-0.15, -0.1) is 0 Å². The summed E-state index contributed by atoms with van der Waals surface area (Å²) in [4.78, 5) is 35.5. The molecule has 0 unspecified atom stereocenters. The molecule has 2 rings (SSSR count). The van der Waals surface area contributed by atoms with E-state index in [9.17, 15) is 19.5 Å². The van der Waals surface area contributed by atoms with Gasteiger partial charge in [-0.25, -0.2) is 9.48 Å². The summed E-state index contributed by atoms with van der Waals surface area (Å²) in [6.45, 7) is 3.25. The smallest absolute Gasteiger partial charge is 0.326 e. The second kappa shape index (κ2) is 8.75. The molecule has 1 heterocycles. The zero-order chi connectivity index (χ0) is 19.3. The first kappa shape index (κ1) is 19.8. The summed E-state index contributed by atoms with van der Waals surface area (Å²) in [6, 6.07) is 9.29. The fourth-order valence-corrected chi connectivity index (χ4v) is 2.64. The third-order valence-corrected chi connectivity index (χ3v) is 4.62. The number of halogens is 1. The van der Waals surface area contributed by atoms with Gasteiger partial charge in [-0.1, -0.05) is 48.3 Å². The van der Waals surface area contributed by atoms with E-state index in [0.29, 0.717) is 12.1 Å². The van der Waals surface area contributed by atoms with Gasteiger partial charge >= 0.3 is 5.97 Å². The highest BCUT2D eigenvalue weighted by Gasteiger charge is 2.25. The van der Waals surface area contributed by atoms with Gasteiger partial charge in [-0.05, 0) is 24.1 Å². The first-order chi connectivity index (χ1) is 12.3. The van der Waals surface area contributed by atoms with Crippen LogP contribution in [0.3, 0.4) is 0 Å². The SMILES string of the molecule is CC[C@H](C)[C@H](NC(=O)Cn1nc(-c2ccc(Br)cc2)ccc1=O)C(=O)O. The van der Waals surface area contributed by atoms with Crippen molar-refractivity contribution < 1.29 is 14.7 Å². The van der Waals surface area contributed by atoms with Crippen LogP contribution in [0.4, 0.5) is 0 Å². The highest BCUT2D eigenvalue weighted by atomic mass is 79.9. The second-order valence-electron chi connectivity index (χ2n) is 5.99. The lowest BCUT2D eigenvalue weighted by Gasteiger charge is -2.20. The van der Waals surface area contributed by atoms with Crippen molar-refractivity contribution in [3.63, 3.8) is 0 Å². The molecule has 0 saturated heterocycles. The van der Waals surface area contributed by atoms with Gasteiger partial charge in [0.2, 0.25) is 5.91 Å². The van der Waals surface area contributed by atoms with Crippen molar-refractivity contribution in [1.82, 2.24) is 15.1 Å². The number of benzene rings is 1. The molecule has 0 spiro atoms. The minimum absolute atomic E-state index is 0.227. The van der Waals surface area contributed by atoms with E-state index in [1.165, 1.54) is 6.07 Å². The first-order valence-corrected chi connectivity index (χ1v) is 8.97. The van der Waals surface area contributed by atoms with Crippen LogP contribution in [0, 0.1) is 5.92 Å². The largest absolute Gasteiger partial charge is 0.480 e. The summed E-state index contributed by atoms with van der Waals surface area (Å²) in [7, 11) is 0. The van der Waals surface area contributed by atoms with Crippen LogP contribution in [0.2, 0.25) is 0 Å². The number of hydrogen-bond acceptors (Lipinski definition) is 4. The Bertz CT molecular complexity index is 848. The van der Waals surface area contributed by atoms with Gasteiger partial charge in [-0.2, -0.15) is 5.10 Å². The van der Waals surface area contributed by atoms with Crippen molar-refractivity contribution >= 4 is 27.8 Å². The maximum Gasteiger partial charge on any atom is 0.326 e. The maximum absolute atomic E-state index is 12.2. The maximum atomic E-state index is 12.2. The van der Waals surface area contributed by atoms with Crippen molar-refractivity contribution in [2.24, 2.45) is 5.92 Å². The average molecular weight is 422 g/mol. The van der Waals surface area contributed by atoms with Crippen LogP contribution in [0.15, 0.2) is 45.7 Å². The van der Waals surface area contributed by atoms with E-state index < -0.39 is 23.5 Å². The Kier molecular flexibility index (Phi) is 6.68. The molecule has 26 heavy (non-hydrogen) atoms. The minimum atomic E-state index is -1.10. The molecule has 2 N–H and O–H groups in total. The molecule has 0 aliphatic rings. The van der Waals surface area contributed by atoms with Crippen LogP contribution in [0.25, 0.3) is 11.3 Å². The molecule has 1 aromatic carbocycles. The van der Waals surface area contributed by atoms with Gasteiger partial charge < -0.3 is 10.4 Å². The number of carbonyl (C=O) groups is 2. The van der Waals surface area contributed by atoms with Crippen LogP contribution in [0.1, 0.15) is 20.3 Å². The summed E-state index contributed by atoms with van der Waals surface area (Å²) < 4.78 is 1.95. The lowest BCUT2D eigenvalue weighted by molar-refractivity contribution is -0.143. The fourth-order valence-electron chi connectivity index (χ4n) is 2.38. The van der Waals surface area contributed by atoms with E-state index in [2.05, 4.69) is 26.3 Å². The second-order valence-corrected chi connectivity index (χ2v) is 6.91. The van der Waals surface area contributed by atoms with Crippen LogP contribution >= 0.6 is 15.9 Å². The molecule has 0 fully saturated rings. The Morgan fingerprint density at radius 3 is 2.46 bits per heavy atom. The molecule has 0 bridgehead atoms. The number of carbonyl (C=O) groups excluding carboxylic acids is 1.